The molecule has 0 spiro atoms. The van der Waals surface area contributed by atoms with Crippen LogP contribution in [0.25, 0.3) is 0 Å². The summed E-state index contributed by atoms with van der Waals surface area (Å²) < 4.78 is 36.5. The second kappa shape index (κ2) is 7.48. The zero-order valence-corrected chi connectivity index (χ0v) is 17.6. The van der Waals surface area contributed by atoms with Crippen LogP contribution in [0.1, 0.15) is 23.2 Å². The van der Waals surface area contributed by atoms with Crippen LogP contribution in [-0.4, -0.2) is 46.5 Å². The van der Waals surface area contributed by atoms with E-state index in [1.165, 1.54) is 18.2 Å². The average Bonchev–Trinajstić information content (AvgIpc) is 2.65. The minimum atomic E-state index is -5.20. The van der Waals surface area contributed by atoms with E-state index in [0.717, 1.165) is 4.90 Å². The molecule has 118 valence electrons. The van der Waals surface area contributed by atoms with E-state index < -0.39 is 34.4 Å². The molecule has 0 unspecified atom stereocenters. The first-order chi connectivity index (χ1) is 10.2. The molecule has 2 bridgehead atoms. The Morgan fingerprint density at radius 1 is 1.33 bits per heavy atom. The van der Waals surface area contributed by atoms with Crippen molar-refractivity contribution in [3.8, 4) is 5.75 Å². The number of phenols is 1. The van der Waals surface area contributed by atoms with Crippen LogP contribution in [0.3, 0.4) is 0 Å². The monoisotopic (exact) mass is 373 g/mol. The van der Waals surface area contributed by atoms with Gasteiger partial charge in [-0.2, -0.15) is 9.35 Å². The molecule has 1 fully saturated rings. The van der Waals surface area contributed by atoms with Crippen molar-refractivity contribution < 1.29 is 91.4 Å². The van der Waals surface area contributed by atoms with Crippen molar-refractivity contribution in [1.29, 1.82) is 5.41 Å². The first-order valence-electron chi connectivity index (χ1n) is 6.02. The molecule has 0 aromatic heterocycles. The van der Waals surface area contributed by atoms with Gasteiger partial charge in [-0.1, -0.05) is 6.07 Å². The van der Waals surface area contributed by atoms with Gasteiger partial charge < -0.3 is 25.1 Å². The summed E-state index contributed by atoms with van der Waals surface area (Å²) >= 11 is 0. The first-order valence-corrected chi connectivity index (χ1v) is 7.36. The van der Waals surface area contributed by atoms with E-state index in [1.54, 1.807) is 0 Å². The SMILES string of the molecule is N=C([O-])[C@H]1c2ccc(O)cc2[C@@H]2CN1C(=O)N2OS(=O)(=O)[O-].[Na+].[Na+]. The Bertz CT molecular complexity index is 788. The molecule has 2 amide bonds. The van der Waals surface area contributed by atoms with Crippen LogP contribution in [0.2, 0.25) is 0 Å². The number of fused-ring (bicyclic) bond motifs is 4. The van der Waals surface area contributed by atoms with Crippen LogP contribution in [0.5, 0.6) is 5.75 Å². The minimum absolute atomic E-state index is 0. The molecule has 13 heteroatoms. The Kier molecular flexibility index (Phi) is 6.75. The molecule has 2 aliphatic rings. The van der Waals surface area contributed by atoms with Gasteiger partial charge in [0.1, 0.15) is 11.8 Å². The van der Waals surface area contributed by atoms with Gasteiger partial charge in [0.2, 0.25) is 10.4 Å². The molecular weight excluding hydrogens is 364 g/mol. The Morgan fingerprint density at radius 2 is 1.96 bits per heavy atom. The fourth-order valence-electron chi connectivity index (χ4n) is 2.77. The van der Waals surface area contributed by atoms with Gasteiger partial charge in [-0.3, -0.25) is 0 Å². The van der Waals surface area contributed by atoms with Gasteiger partial charge >= 0.3 is 65.1 Å². The molecule has 1 aromatic carbocycles. The molecule has 0 radical (unpaired) electrons. The number of hydrogen-bond donors (Lipinski definition) is 2. The Labute approximate surface area is 181 Å². The molecule has 0 saturated carbocycles. The topological polar surface area (TPSA) is 157 Å². The number of phenolic OH excluding ortho intramolecular Hbond substituents is 1. The summed E-state index contributed by atoms with van der Waals surface area (Å²) in [6.45, 7) is -0.139. The van der Waals surface area contributed by atoms with Crippen LogP contribution in [0, 0.1) is 5.41 Å². The standard InChI is InChI=1S/C11H11N3O7S.2Na/c12-10(16)9-6-2-1-5(15)3-7(6)8-4-13(9)11(17)14(8)21-22(18,19)20;;/h1-3,8-9,15H,4H2,(H2,12,16)(H,18,19,20);;/q;2*+1/p-2/t8-,9+;;/m0../s1. The number of nitrogens with one attached hydrogen (secondary N) is 1. The maximum atomic E-state index is 12.2. The summed E-state index contributed by atoms with van der Waals surface area (Å²) in [4.78, 5) is 13.1. The van der Waals surface area contributed by atoms with Crippen molar-refractivity contribution in [2.24, 2.45) is 0 Å². The van der Waals surface area contributed by atoms with E-state index in [2.05, 4.69) is 4.28 Å². The number of urea groups is 1. The van der Waals surface area contributed by atoms with E-state index in [1.807, 2.05) is 0 Å². The van der Waals surface area contributed by atoms with Gasteiger partial charge in [0.05, 0.1) is 12.6 Å². The molecule has 2 N–H and O–H groups in total. The van der Waals surface area contributed by atoms with Crippen LogP contribution < -0.4 is 64.2 Å². The summed E-state index contributed by atoms with van der Waals surface area (Å²) in [5.41, 5.74) is 0.521. The van der Waals surface area contributed by atoms with Crippen molar-refractivity contribution in [3.63, 3.8) is 0 Å². The maximum Gasteiger partial charge on any atom is 1.00 e. The van der Waals surface area contributed by atoms with Crippen molar-refractivity contribution in [1.82, 2.24) is 9.96 Å². The summed E-state index contributed by atoms with van der Waals surface area (Å²) in [6.07, 6.45) is 0. The quantitative estimate of drug-likeness (QED) is 0.175. The van der Waals surface area contributed by atoms with E-state index in [0.29, 0.717) is 5.06 Å². The number of hydroxylamine groups is 2. The third-order valence-corrected chi connectivity index (χ3v) is 3.89. The molecule has 2 heterocycles. The molecule has 10 nitrogen and oxygen atoms in total. The predicted octanol–water partition coefficient (Wildman–Crippen LogP) is -7.04. The smallest absolute Gasteiger partial charge is 0.860 e. The van der Waals surface area contributed by atoms with Gasteiger partial charge in [-0.25, -0.2) is 13.2 Å². The molecule has 1 aromatic rings. The van der Waals surface area contributed by atoms with Crippen LogP contribution in [-0.2, 0) is 14.7 Å². The first kappa shape index (κ1) is 21.7. The Hall–Kier alpha value is -0.370. The third-order valence-electron chi connectivity index (χ3n) is 3.54. The number of hydrogen-bond acceptors (Lipinski definition) is 8. The summed E-state index contributed by atoms with van der Waals surface area (Å²) in [5.74, 6) is -1.25. The van der Waals surface area contributed by atoms with Gasteiger partial charge in [-0.05, 0) is 29.2 Å². The fraction of sp³-hybridized carbons (Fsp3) is 0.273. The van der Waals surface area contributed by atoms with Gasteiger partial charge in [0.15, 0.2) is 0 Å². The van der Waals surface area contributed by atoms with Gasteiger partial charge in [0, 0.05) is 0 Å². The zero-order chi connectivity index (χ0) is 16.2. The summed E-state index contributed by atoms with van der Waals surface area (Å²) in [5, 5.41) is 28.8. The number of nitrogens with zero attached hydrogens (tertiary/aromatic N) is 2. The third kappa shape index (κ3) is 3.74. The number of rotatable bonds is 3. The summed E-state index contributed by atoms with van der Waals surface area (Å²) in [7, 11) is -5.20. The number of benzene rings is 1. The van der Waals surface area contributed by atoms with Crippen molar-refractivity contribution in [3.05, 3.63) is 29.3 Å². The minimum Gasteiger partial charge on any atom is -0.860 e. The van der Waals surface area contributed by atoms with Crippen molar-refractivity contribution in [2.45, 2.75) is 12.1 Å². The van der Waals surface area contributed by atoms with Crippen LogP contribution >= 0.6 is 0 Å². The van der Waals surface area contributed by atoms with E-state index >= 15 is 0 Å². The van der Waals surface area contributed by atoms with Gasteiger partial charge in [0.25, 0.3) is 0 Å². The Morgan fingerprint density at radius 3 is 2.50 bits per heavy atom. The Balaban J connectivity index is 0.00000144. The second-order valence-electron chi connectivity index (χ2n) is 4.84. The predicted molar refractivity (Wildman–Crippen MR) is 66.0 cm³/mol. The van der Waals surface area contributed by atoms with Crippen LogP contribution in [0.4, 0.5) is 4.79 Å². The number of aromatic hydroxyl groups is 1. The molecular formula is C11H9N3Na2O7S. The largest absolute Gasteiger partial charge is 1.00 e. The van der Waals surface area contributed by atoms with Crippen molar-refractivity contribution in [2.75, 3.05) is 6.54 Å². The maximum absolute atomic E-state index is 12.2. The normalized spacial score (nSPS) is 21.6. The molecule has 0 aliphatic carbocycles. The molecule has 2 atom stereocenters. The molecule has 24 heavy (non-hydrogen) atoms. The number of carbonyl (C=O) groups is 1. The van der Waals surface area contributed by atoms with Crippen LogP contribution in [0.15, 0.2) is 18.2 Å². The van der Waals surface area contributed by atoms with E-state index in [-0.39, 0.29) is 82.5 Å². The van der Waals surface area contributed by atoms with Crippen molar-refractivity contribution >= 4 is 22.3 Å². The molecule has 1 saturated heterocycles. The average molecular weight is 373 g/mol. The number of carbonyl (C=O) groups excluding carboxylic acids is 1. The zero-order valence-electron chi connectivity index (χ0n) is 12.8. The number of amides is 2. The molecule has 2 aliphatic heterocycles. The molecule has 3 rings (SSSR count). The second-order valence-corrected chi connectivity index (χ2v) is 5.80. The summed E-state index contributed by atoms with van der Waals surface area (Å²) in [6, 6.07) is 0.644. The fourth-order valence-corrected chi connectivity index (χ4v) is 3.14. The van der Waals surface area contributed by atoms with E-state index in [4.69, 9.17) is 5.41 Å². The van der Waals surface area contributed by atoms with E-state index in [9.17, 15) is 28.0 Å². The van der Waals surface area contributed by atoms with Gasteiger partial charge in [-0.15, -0.1) is 0 Å².